The number of hydrogen-bond donors (Lipinski definition) is 1. The first kappa shape index (κ1) is 13.7. The van der Waals surface area contributed by atoms with Crippen LogP contribution in [0.1, 0.15) is 30.0 Å². The molecule has 0 heterocycles. The Morgan fingerprint density at radius 3 is 2.53 bits per heavy atom. The first-order valence-electron chi connectivity index (χ1n) is 5.96. The van der Waals surface area contributed by atoms with E-state index in [1.54, 1.807) is 4.90 Å². The van der Waals surface area contributed by atoms with Gasteiger partial charge in [-0.2, -0.15) is 0 Å². The van der Waals surface area contributed by atoms with Gasteiger partial charge in [-0.05, 0) is 37.5 Å². The molecular weight excluding hydrogens is 212 g/mol. The van der Waals surface area contributed by atoms with Crippen molar-refractivity contribution in [1.29, 1.82) is 0 Å². The maximum absolute atomic E-state index is 11.8. The number of carbonyl (C=O) groups excluding carboxylic acids is 1. The summed E-state index contributed by atoms with van der Waals surface area (Å²) in [6, 6.07) is 6.21. The highest BCUT2D eigenvalue weighted by molar-refractivity contribution is 5.76. The molecule has 17 heavy (non-hydrogen) atoms. The molecule has 0 radical (unpaired) electrons. The number of amides is 1. The summed E-state index contributed by atoms with van der Waals surface area (Å²) in [5.41, 5.74) is 9.32. The van der Waals surface area contributed by atoms with Crippen molar-refractivity contribution in [2.45, 2.75) is 39.8 Å². The highest BCUT2D eigenvalue weighted by atomic mass is 16.2. The summed E-state index contributed by atoms with van der Waals surface area (Å²) in [6.07, 6.45) is 0.404. The Balaban J connectivity index is 2.64. The van der Waals surface area contributed by atoms with E-state index in [2.05, 4.69) is 32.0 Å². The molecule has 3 heteroatoms. The molecular formula is C14H22N2O. The summed E-state index contributed by atoms with van der Waals surface area (Å²) in [5, 5.41) is 0. The Morgan fingerprint density at radius 1 is 1.35 bits per heavy atom. The molecule has 0 fully saturated rings. The molecule has 0 aromatic heterocycles. The monoisotopic (exact) mass is 234 g/mol. The van der Waals surface area contributed by atoms with E-state index in [1.807, 2.05) is 14.0 Å². The van der Waals surface area contributed by atoms with Gasteiger partial charge in [-0.25, -0.2) is 0 Å². The predicted molar refractivity (Wildman–Crippen MR) is 70.7 cm³/mol. The molecule has 1 aromatic rings. The molecule has 1 unspecified atom stereocenters. The van der Waals surface area contributed by atoms with Gasteiger partial charge in [-0.3, -0.25) is 4.79 Å². The Bertz CT molecular complexity index is 399. The lowest BCUT2D eigenvalue weighted by Gasteiger charge is -2.19. The Kier molecular flexibility index (Phi) is 4.70. The summed E-state index contributed by atoms with van der Waals surface area (Å²) < 4.78 is 0. The Morgan fingerprint density at radius 2 is 2.00 bits per heavy atom. The summed E-state index contributed by atoms with van der Waals surface area (Å²) >= 11 is 0. The molecule has 0 aliphatic heterocycles. The van der Waals surface area contributed by atoms with Crippen LogP contribution in [0.3, 0.4) is 0 Å². The summed E-state index contributed by atoms with van der Waals surface area (Å²) in [6.45, 7) is 6.67. The van der Waals surface area contributed by atoms with E-state index in [0.717, 1.165) is 5.56 Å². The predicted octanol–water partition coefficient (Wildman–Crippen LogP) is 2.00. The van der Waals surface area contributed by atoms with E-state index in [4.69, 9.17) is 5.73 Å². The zero-order chi connectivity index (χ0) is 13.0. The summed E-state index contributed by atoms with van der Waals surface area (Å²) in [5.74, 6) is 0.0956. The third-order valence-electron chi connectivity index (χ3n) is 2.91. The van der Waals surface area contributed by atoms with Gasteiger partial charge in [-0.1, -0.05) is 18.2 Å². The smallest absolute Gasteiger partial charge is 0.224 e. The molecule has 1 atom stereocenters. The standard InChI is InChI=1S/C14H22N2O/c1-10-5-6-13(7-11(10)2)9-16(4)14(17)8-12(3)15/h5-7,12H,8-9,15H2,1-4H3. The number of benzene rings is 1. The van der Waals surface area contributed by atoms with Crippen molar-refractivity contribution in [2.24, 2.45) is 5.73 Å². The highest BCUT2D eigenvalue weighted by Crippen LogP contribution is 2.11. The van der Waals surface area contributed by atoms with E-state index in [9.17, 15) is 4.79 Å². The van der Waals surface area contributed by atoms with Gasteiger partial charge in [0.1, 0.15) is 0 Å². The minimum absolute atomic E-state index is 0.0790. The molecule has 0 saturated heterocycles. The van der Waals surface area contributed by atoms with Gasteiger partial charge < -0.3 is 10.6 Å². The summed E-state index contributed by atoms with van der Waals surface area (Å²) in [7, 11) is 1.82. The minimum Gasteiger partial charge on any atom is -0.341 e. The van der Waals surface area contributed by atoms with Crippen molar-refractivity contribution in [3.05, 3.63) is 34.9 Å². The van der Waals surface area contributed by atoms with Crippen LogP contribution in [0.2, 0.25) is 0 Å². The average Bonchev–Trinajstić information content (AvgIpc) is 2.22. The Labute approximate surface area is 104 Å². The minimum atomic E-state index is -0.0790. The lowest BCUT2D eigenvalue weighted by Crippen LogP contribution is -2.31. The second kappa shape index (κ2) is 5.82. The molecule has 0 aliphatic carbocycles. The van der Waals surface area contributed by atoms with Gasteiger partial charge in [0.25, 0.3) is 0 Å². The normalized spacial score (nSPS) is 12.3. The van der Waals surface area contributed by atoms with E-state index in [1.165, 1.54) is 11.1 Å². The second-order valence-electron chi connectivity index (χ2n) is 4.85. The molecule has 0 spiro atoms. The van der Waals surface area contributed by atoms with Crippen LogP contribution in [0, 0.1) is 13.8 Å². The van der Waals surface area contributed by atoms with Gasteiger partial charge in [0, 0.05) is 26.1 Å². The van der Waals surface area contributed by atoms with Crippen molar-refractivity contribution >= 4 is 5.91 Å². The first-order valence-corrected chi connectivity index (χ1v) is 5.96. The molecule has 3 nitrogen and oxygen atoms in total. The van der Waals surface area contributed by atoms with Crippen LogP contribution in [-0.2, 0) is 11.3 Å². The maximum atomic E-state index is 11.8. The van der Waals surface area contributed by atoms with Crippen LogP contribution in [-0.4, -0.2) is 23.9 Å². The number of aryl methyl sites for hydroxylation is 2. The number of rotatable bonds is 4. The van der Waals surface area contributed by atoms with Crippen molar-refractivity contribution in [1.82, 2.24) is 4.90 Å². The average molecular weight is 234 g/mol. The molecule has 1 aromatic carbocycles. The van der Waals surface area contributed by atoms with Crippen molar-refractivity contribution in [3.8, 4) is 0 Å². The fraction of sp³-hybridized carbons (Fsp3) is 0.500. The van der Waals surface area contributed by atoms with Crippen molar-refractivity contribution in [2.75, 3.05) is 7.05 Å². The molecule has 0 bridgehead atoms. The number of carbonyl (C=O) groups is 1. The first-order chi connectivity index (χ1) is 7.90. The SMILES string of the molecule is Cc1ccc(CN(C)C(=O)CC(C)N)cc1C. The van der Waals surface area contributed by atoms with Crippen LogP contribution in [0.5, 0.6) is 0 Å². The summed E-state index contributed by atoms with van der Waals surface area (Å²) in [4.78, 5) is 13.5. The molecule has 94 valence electrons. The van der Waals surface area contributed by atoms with Gasteiger partial charge in [-0.15, -0.1) is 0 Å². The zero-order valence-corrected chi connectivity index (χ0v) is 11.2. The number of nitrogens with zero attached hydrogens (tertiary/aromatic N) is 1. The Hall–Kier alpha value is -1.35. The van der Waals surface area contributed by atoms with Gasteiger partial charge in [0.15, 0.2) is 0 Å². The van der Waals surface area contributed by atoms with E-state index in [0.29, 0.717) is 13.0 Å². The fourth-order valence-electron chi connectivity index (χ4n) is 1.70. The number of hydrogen-bond acceptors (Lipinski definition) is 2. The largest absolute Gasteiger partial charge is 0.341 e. The third kappa shape index (κ3) is 4.19. The van der Waals surface area contributed by atoms with E-state index < -0.39 is 0 Å². The molecule has 2 N–H and O–H groups in total. The van der Waals surface area contributed by atoms with Crippen LogP contribution >= 0.6 is 0 Å². The van der Waals surface area contributed by atoms with E-state index in [-0.39, 0.29) is 11.9 Å². The topological polar surface area (TPSA) is 46.3 Å². The third-order valence-corrected chi connectivity index (χ3v) is 2.91. The second-order valence-corrected chi connectivity index (χ2v) is 4.85. The van der Waals surface area contributed by atoms with Crippen LogP contribution in [0.4, 0.5) is 0 Å². The fourth-order valence-corrected chi connectivity index (χ4v) is 1.70. The number of nitrogens with two attached hydrogens (primary N) is 1. The van der Waals surface area contributed by atoms with E-state index >= 15 is 0 Å². The zero-order valence-electron chi connectivity index (χ0n) is 11.2. The van der Waals surface area contributed by atoms with Gasteiger partial charge in [0.05, 0.1) is 0 Å². The maximum Gasteiger partial charge on any atom is 0.224 e. The molecule has 1 amide bonds. The van der Waals surface area contributed by atoms with Crippen molar-refractivity contribution < 1.29 is 4.79 Å². The molecule has 0 saturated carbocycles. The van der Waals surface area contributed by atoms with Gasteiger partial charge >= 0.3 is 0 Å². The van der Waals surface area contributed by atoms with Crippen LogP contribution in [0.15, 0.2) is 18.2 Å². The highest BCUT2D eigenvalue weighted by Gasteiger charge is 2.11. The quantitative estimate of drug-likeness (QED) is 0.866. The lowest BCUT2D eigenvalue weighted by atomic mass is 10.1. The molecule has 1 rings (SSSR count). The van der Waals surface area contributed by atoms with Crippen LogP contribution in [0.25, 0.3) is 0 Å². The van der Waals surface area contributed by atoms with Crippen LogP contribution < -0.4 is 5.73 Å². The molecule has 0 aliphatic rings. The van der Waals surface area contributed by atoms with Crippen molar-refractivity contribution in [3.63, 3.8) is 0 Å². The van der Waals surface area contributed by atoms with Gasteiger partial charge in [0.2, 0.25) is 5.91 Å². The lowest BCUT2D eigenvalue weighted by molar-refractivity contribution is -0.130.